The van der Waals surface area contributed by atoms with Gasteiger partial charge in [0.1, 0.15) is 43.0 Å². The number of carbonyl (C=O) groups is 3. The number of nitrogen functional groups attached to an aromatic ring is 1. The zero-order chi connectivity index (χ0) is 37.7. The second-order valence-corrected chi connectivity index (χ2v) is 15.1. The lowest BCUT2D eigenvalue weighted by atomic mass is 9.95. The summed E-state index contributed by atoms with van der Waals surface area (Å²) in [6, 6.07) is 9.65. The van der Waals surface area contributed by atoms with Gasteiger partial charge in [-0.2, -0.15) is 10.2 Å². The third-order valence-corrected chi connectivity index (χ3v) is 9.29. The maximum absolute atomic E-state index is 15.7. The van der Waals surface area contributed by atoms with Crippen LogP contribution in [-0.4, -0.2) is 87.0 Å². The van der Waals surface area contributed by atoms with Gasteiger partial charge in [0.05, 0.1) is 29.7 Å². The van der Waals surface area contributed by atoms with Crippen LogP contribution in [0.1, 0.15) is 60.3 Å². The number of rotatable bonds is 16. The van der Waals surface area contributed by atoms with Gasteiger partial charge in [-0.1, -0.05) is 45.9 Å². The van der Waals surface area contributed by atoms with E-state index < -0.39 is 86.3 Å². The molecule has 1 saturated heterocycles. The largest absolute Gasteiger partial charge is 0.461 e. The standard InChI is InChI=1S/C33H45FN5O11P/c1-19(2)29(40)47-26-25(23-13-14-24-28(35)36-18-37-39(23)24)49-33(15-34,27(26)48-30(41)20(3)4)17-46-51(44,50-22-11-9-8-10-12-22)38-21(5)31(42)45-16-32(6,7)43/h8-14,18-21,25-27,43H,15-17H2,1-7H3,(H,38,44)(H2,35,36,37)/t21-,25-,26-,27-,33+,51+/m0/s1. The Morgan fingerprint density at radius 3 is 2.31 bits per heavy atom. The first-order chi connectivity index (χ1) is 23.9. The molecule has 51 heavy (non-hydrogen) atoms. The van der Waals surface area contributed by atoms with E-state index in [4.69, 9.17) is 33.7 Å². The van der Waals surface area contributed by atoms with E-state index in [-0.39, 0.29) is 23.9 Å². The average molecular weight is 738 g/mol. The molecule has 0 amide bonds. The van der Waals surface area contributed by atoms with Crippen molar-refractivity contribution >= 4 is 37.0 Å². The number of aromatic nitrogens is 3. The number of anilines is 1. The quantitative estimate of drug-likeness (QED) is 0.109. The zero-order valence-corrected chi connectivity index (χ0v) is 30.4. The van der Waals surface area contributed by atoms with E-state index >= 15 is 4.39 Å². The molecule has 1 aromatic carbocycles. The highest BCUT2D eigenvalue weighted by atomic mass is 31.2. The predicted molar refractivity (Wildman–Crippen MR) is 180 cm³/mol. The van der Waals surface area contributed by atoms with Crippen molar-refractivity contribution in [1.82, 2.24) is 19.7 Å². The number of hydrogen-bond donors (Lipinski definition) is 3. The number of hydrogen-bond acceptors (Lipinski definition) is 14. The predicted octanol–water partition coefficient (Wildman–Crippen LogP) is 3.72. The summed E-state index contributed by atoms with van der Waals surface area (Å²) < 4.78 is 66.2. The first-order valence-corrected chi connectivity index (χ1v) is 17.8. The number of esters is 3. The van der Waals surface area contributed by atoms with Crippen LogP contribution in [0.4, 0.5) is 10.2 Å². The number of aliphatic hydroxyl groups is 1. The van der Waals surface area contributed by atoms with Gasteiger partial charge in [0.2, 0.25) is 0 Å². The molecule has 0 unspecified atom stereocenters. The number of halogens is 1. The average Bonchev–Trinajstić information content (AvgIpc) is 3.62. The van der Waals surface area contributed by atoms with Crippen LogP contribution < -0.4 is 15.3 Å². The molecule has 0 spiro atoms. The molecule has 6 atom stereocenters. The molecule has 3 aromatic rings. The third kappa shape index (κ3) is 9.60. The number of nitrogens with one attached hydrogen (secondary N) is 1. The Morgan fingerprint density at radius 2 is 1.71 bits per heavy atom. The number of para-hydroxylation sites is 1. The molecular formula is C33H45FN5O11P. The zero-order valence-electron chi connectivity index (χ0n) is 29.5. The van der Waals surface area contributed by atoms with Crippen molar-refractivity contribution in [1.29, 1.82) is 0 Å². The third-order valence-electron chi connectivity index (χ3n) is 7.66. The van der Waals surface area contributed by atoms with Crippen LogP contribution in [0.25, 0.3) is 5.52 Å². The van der Waals surface area contributed by atoms with Gasteiger partial charge in [-0.15, -0.1) is 0 Å². The molecule has 16 nitrogen and oxygen atoms in total. The second kappa shape index (κ2) is 16.0. The van der Waals surface area contributed by atoms with Crippen LogP contribution in [0.15, 0.2) is 48.8 Å². The number of ether oxygens (including phenoxy) is 4. The Balaban J connectivity index is 1.77. The summed E-state index contributed by atoms with van der Waals surface area (Å²) >= 11 is 0. The van der Waals surface area contributed by atoms with Crippen molar-refractivity contribution in [2.24, 2.45) is 11.8 Å². The molecule has 2 aromatic heterocycles. The molecule has 1 aliphatic heterocycles. The Hall–Kier alpha value is -4.15. The van der Waals surface area contributed by atoms with Gasteiger partial charge in [-0.05, 0) is 45.0 Å². The highest BCUT2D eigenvalue weighted by Crippen LogP contribution is 2.50. The van der Waals surface area contributed by atoms with Gasteiger partial charge in [-0.25, -0.2) is 18.5 Å². The number of fused-ring (bicyclic) bond motifs is 1. The summed E-state index contributed by atoms with van der Waals surface area (Å²) in [5.74, 6) is -3.54. The van der Waals surface area contributed by atoms with Gasteiger partial charge in [0.25, 0.3) is 0 Å². The fraction of sp³-hybridized carbons (Fsp3) is 0.545. The smallest absolute Gasteiger partial charge is 0.459 e. The Bertz CT molecular complexity index is 1730. The molecule has 4 rings (SSSR count). The molecule has 1 aliphatic rings. The molecule has 3 heterocycles. The summed E-state index contributed by atoms with van der Waals surface area (Å²) in [6.07, 6.45) is -3.26. The SMILES string of the molecule is CC(C)C(=O)O[C@H]1[C@H](c2ccc3c(N)ncnn23)O[C@](CF)(CO[P@](=O)(N[C@@H](C)C(=O)OCC(C)(C)O)Oc2ccccc2)[C@H]1OC(=O)C(C)C. The number of nitrogens with zero attached hydrogens (tertiary/aromatic N) is 3. The Kier molecular flexibility index (Phi) is 12.5. The fourth-order valence-corrected chi connectivity index (χ4v) is 6.47. The number of alkyl halides is 1. The van der Waals surface area contributed by atoms with Crippen molar-refractivity contribution in [3.8, 4) is 5.75 Å². The van der Waals surface area contributed by atoms with E-state index in [0.717, 1.165) is 0 Å². The number of benzene rings is 1. The summed E-state index contributed by atoms with van der Waals surface area (Å²) in [5, 5.41) is 16.7. The van der Waals surface area contributed by atoms with Crippen molar-refractivity contribution in [3.63, 3.8) is 0 Å². The summed E-state index contributed by atoms with van der Waals surface area (Å²) in [7, 11) is -4.64. The molecule has 280 valence electrons. The molecule has 18 heteroatoms. The van der Waals surface area contributed by atoms with Gasteiger partial charge >= 0.3 is 25.7 Å². The molecule has 0 radical (unpaired) electrons. The van der Waals surface area contributed by atoms with E-state index in [1.165, 1.54) is 43.7 Å². The lowest BCUT2D eigenvalue weighted by Gasteiger charge is -2.34. The lowest BCUT2D eigenvalue weighted by molar-refractivity contribution is -0.178. The first-order valence-electron chi connectivity index (χ1n) is 16.3. The highest BCUT2D eigenvalue weighted by Gasteiger charge is 2.62. The maximum atomic E-state index is 15.7. The summed E-state index contributed by atoms with van der Waals surface area (Å²) in [6.45, 7) is 7.81. The minimum Gasteiger partial charge on any atom is -0.461 e. The minimum absolute atomic E-state index is 0.0633. The minimum atomic E-state index is -4.64. The van der Waals surface area contributed by atoms with Gasteiger partial charge in [-0.3, -0.25) is 18.9 Å². The van der Waals surface area contributed by atoms with Crippen molar-refractivity contribution in [2.75, 3.05) is 25.6 Å². The Labute approximate surface area is 294 Å². The van der Waals surface area contributed by atoms with Crippen molar-refractivity contribution < 1.29 is 56.4 Å². The second-order valence-electron chi connectivity index (χ2n) is 13.5. The molecule has 0 bridgehead atoms. The van der Waals surface area contributed by atoms with E-state index in [1.54, 1.807) is 58.0 Å². The molecule has 1 fully saturated rings. The van der Waals surface area contributed by atoms with E-state index in [2.05, 4.69) is 15.2 Å². The van der Waals surface area contributed by atoms with E-state index in [0.29, 0.717) is 5.52 Å². The van der Waals surface area contributed by atoms with Crippen LogP contribution in [0, 0.1) is 11.8 Å². The summed E-state index contributed by atoms with van der Waals surface area (Å²) in [5.41, 5.74) is 3.04. The van der Waals surface area contributed by atoms with Crippen LogP contribution in [0.3, 0.4) is 0 Å². The molecule has 4 N–H and O–H groups in total. The van der Waals surface area contributed by atoms with Crippen LogP contribution in [0.5, 0.6) is 5.75 Å². The van der Waals surface area contributed by atoms with Crippen molar-refractivity contribution in [2.45, 2.75) is 84.0 Å². The van der Waals surface area contributed by atoms with E-state index in [9.17, 15) is 24.1 Å². The van der Waals surface area contributed by atoms with Crippen LogP contribution in [0.2, 0.25) is 0 Å². The molecular weight excluding hydrogens is 692 g/mol. The van der Waals surface area contributed by atoms with Crippen LogP contribution in [-0.2, 0) is 42.4 Å². The molecule has 0 saturated carbocycles. The van der Waals surface area contributed by atoms with Crippen molar-refractivity contribution in [3.05, 3.63) is 54.5 Å². The molecule has 0 aliphatic carbocycles. The topological polar surface area (TPSA) is 212 Å². The van der Waals surface area contributed by atoms with Gasteiger partial charge < -0.3 is 34.3 Å². The number of nitrogens with two attached hydrogens (primary N) is 1. The Morgan fingerprint density at radius 1 is 1.06 bits per heavy atom. The summed E-state index contributed by atoms with van der Waals surface area (Å²) in [4.78, 5) is 43.0. The normalized spacial score (nSPS) is 22.5. The monoisotopic (exact) mass is 737 g/mol. The first kappa shape index (κ1) is 39.6. The van der Waals surface area contributed by atoms with Gasteiger partial charge in [0.15, 0.2) is 23.6 Å². The lowest BCUT2D eigenvalue weighted by Crippen LogP contribution is -2.52. The van der Waals surface area contributed by atoms with Gasteiger partial charge in [0, 0.05) is 0 Å². The number of carbonyl (C=O) groups excluding carboxylic acids is 3. The fourth-order valence-electron chi connectivity index (χ4n) is 4.92. The van der Waals surface area contributed by atoms with E-state index in [1.807, 2.05) is 0 Å². The highest BCUT2D eigenvalue weighted by molar-refractivity contribution is 7.52. The maximum Gasteiger partial charge on any atom is 0.459 e. The van der Waals surface area contributed by atoms with Crippen LogP contribution >= 0.6 is 7.75 Å².